The van der Waals surface area contributed by atoms with Gasteiger partial charge in [0.05, 0.1) is 11.3 Å². The molecule has 0 aliphatic carbocycles. The van der Waals surface area contributed by atoms with E-state index in [1.165, 1.54) is 0 Å². The number of amides is 1. The molecular weight excluding hydrogens is 300 g/mol. The molecule has 0 fully saturated rings. The van der Waals surface area contributed by atoms with Crippen LogP contribution < -0.4 is 10.6 Å². The third kappa shape index (κ3) is 5.38. The van der Waals surface area contributed by atoms with Crippen molar-refractivity contribution in [3.8, 4) is 0 Å². The van der Waals surface area contributed by atoms with Crippen LogP contribution in [0.15, 0.2) is 18.2 Å². The molecule has 0 aliphatic rings. The Morgan fingerprint density at radius 1 is 1.40 bits per heavy atom. The largest absolute Gasteiger partial charge is 0.385 e. The van der Waals surface area contributed by atoms with E-state index >= 15 is 0 Å². The van der Waals surface area contributed by atoms with Gasteiger partial charge in [0.15, 0.2) is 0 Å². The highest BCUT2D eigenvalue weighted by Crippen LogP contribution is 2.20. The lowest BCUT2D eigenvalue weighted by atomic mass is 10.1. The average molecular weight is 319 g/mol. The van der Waals surface area contributed by atoms with Crippen LogP contribution in [0.1, 0.15) is 24.2 Å². The minimum atomic E-state index is -3.14. The molecule has 1 aromatic carbocycles. The predicted octanol–water partition coefficient (Wildman–Crippen LogP) is 1.93. The summed E-state index contributed by atoms with van der Waals surface area (Å²) in [5, 5.41) is 6.18. The summed E-state index contributed by atoms with van der Waals surface area (Å²) in [5.74, 6) is -0.449. The van der Waals surface area contributed by atoms with Crippen LogP contribution in [0.4, 0.5) is 5.69 Å². The summed E-state index contributed by atoms with van der Waals surface area (Å²) in [5.41, 5.74) is 1.07. The van der Waals surface area contributed by atoms with Crippen molar-refractivity contribution in [2.24, 2.45) is 0 Å². The molecule has 0 aliphatic heterocycles. The number of anilines is 1. The zero-order valence-electron chi connectivity index (χ0n) is 11.7. The van der Waals surface area contributed by atoms with Crippen LogP contribution in [0.5, 0.6) is 0 Å². The van der Waals surface area contributed by atoms with Gasteiger partial charge in [0.25, 0.3) is 5.91 Å². The molecule has 0 heterocycles. The Morgan fingerprint density at radius 3 is 2.60 bits per heavy atom. The van der Waals surface area contributed by atoms with Gasteiger partial charge in [-0.25, -0.2) is 8.42 Å². The molecule has 20 heavy (non-hydrogen) atoms. The van der Waals surface area contributed by atoms with Crippen LogP contribution in [0, 0.1) is 0 Å². The molecule has 0 saturated carbocycles. The lowest BCUT2D eigenvalue weighted by Gasteiger charge is -2.15. The van der Waals surface area contributed by atoms with E-state index in [4.69, 9.17) is 11.6 Å². The van der Waals surface area contributed by atoms with Crippen LogP contribution in [0.3, 0.4) is 0 Å². The maximum atomic E-state index is 12.2. The number of benzene rings is 1. The summed E-state index contributed by atoms with van der Waals surface area (Å²) in [6, 6.07) is 4.51. The minimum Gasteiger partial charge on any atom is -0.385 e. The molecule has 1 aromatic rings. The van der Waals surface area contributed by atoms with Crippen molar-refractivity contribution < 1.29 is 13.2 Å². The highest BCUT2D eigenvalue weighted by atomic mass is 35.5. The van der Waals surface area contributed by atoms with Gasteiger partial charge in [-0.2, -0.15) is 0 Å². The topological polar surface area (TPSA) is 75.3 Å². The van der Waals surface area contributed by atoms with Gasteiger partial charge in [0.1, 0.15) is 9.84 Å². The van der Waals surface area contributed by atoms with Crippen molar-refractivity contribution in [2.45, 2.75) is 19.9 Å². The van der Waals surface area contributed by atoms with Crippen LogP contribution >= 0.6 is 11.6 Å². The highest BCUT2D eigenvalue weighted by molar-refractivity contribution is 7.90. The lowest BCUT2D eigenvalue weighted by Crippen LogP contribution is -2.37. The molecule has 5 nitrogen and oxygen atoms in total. The van der Waals surface area contributed by atoms with Crippen LogP contribution in [0.2, 0.25) is 5.02 Å². The quantitative estimate of drug-likeness (QED) is 0.840. The first-order valence-corrected chi connectivity index (χ1v) is 8.68. The summed E-state index contributed by atoms with van der Waals surface area (Å²) >= 11 is 5.90. The first-order chi connectivity index (χ1) is 9.23. The predicted molar refractivity (Wildman–Crippen MR) is 82.3 cm³/mol. The monoisotopic (exact) mass is 318 g/mol. The normalized spacial score (nSPS) is 12.8. The van der Waals surface area contributed by atoms with E-state index < -0.39 is 15.9 Å². The Hall–Kier alpha value is -1.27. The maximum absolute atomic E-state index is 12.2. The van der Waals surface area contributed by atoms with Gasteiger partial charge < -0.3 is 10.6 Å². The number of hydrogen-bond donors (Lipinski definition) is 2. The van der Waals surface area contributed by atoms with Crippen molar-refractivity contribution in [3.63, 3.8) is 0 Å². The number of sulfone groups is 1. The number of nitrogens with one attached hydrogen (secondary N) is 2. The van der Waals surface area contributed by atoms with Crippen molar-refractivity contribution in [2.75, 3.05) is 23.9 Å². The first kappa shape index (κ1) is 16.8. The van der Waals surface area contributed by atoms with E-state index in [-0.39, 0.29) is 11.7 Å². The zero-order valence-corrected chi connectivity index (χ0v) is 13.3. The van der Waals surface area contributed by atoms with E-state index in [1.807, 2.05) is 6.92 Å². The van der Waals surface area contributed by atoms with Crippen LogP contribution in [-0.2, 0) is 9.84 Å². The smallest absolute Gasteiger partial charge is 0.253 e. The van der Waals surface area contributed by atoms with Gasteiger partial charge in [-0.05, 0) is 32.0 Å². The van der Waals surface area contributed by atoms with Crippen molar-refractivity contribution in [1.82, 2.24) is 5.32 Å². The Balaban J connectivity index is 2.88. The molecule has 1 unspecified atom stereocenters. The first-order valence-electron chi connectivity index (χ1n) is 6.25. The van der Waals surface area contributed by atoms with Gasteiger partial charge in [-0.15, -0.1) is 0 Å². The second kappa shape index (κ2) is 6.95. The number of hydrogen-bond acceptors (Lipinski definition) is 4. The van der Waals surface area contributed by atoms with Gasteiger partial charge in [0, 0.05) is 29.6 Å². The fourth-order valence-electron chi connectivity index (χ4n) is 1.85. The molecule has 1 rings (SSSR count). The van der Waals surface area contributed by atoms with E-state index in [1.54, 1.807) is 25.1 Å². The molecule has 0 radical (unpaired) electrons. The van der Waals surface area contributed by atoms with Gasteiger partial charge in [-0.3, -0.25) is 4.79 Å². The Kier molecular flexibility index (Phi) is 5.83. The summed E-state index contributed by atoms with van der Waals surface area (Å²) in [6.45, 7) is 4.24. The standard InChI is InChI=1S/C13H19ClN2O3S/c1-4-15-12-6-5-10(14)7-11(12)13(17)16-9(2)8-20(3,18)19/h5-7,9,15H,4,8H2,1-3H3,(H,16,17). The van der Waals surface area contributed by atoms with Crippen molar-refractivity contribution >= 4 is 33.0 Å². The summed E-state index contributed by atoms with van der Waals surface area (Å²) in [7, 11) is -3.14. The molecule has 112 valence electrons. The van der Waals surface area contributed by atoms with E-state index in [0.717, 1.165) is 6.26 Å². The fraction of sp³-hybridized carbons (Fsp3) is 0.462. The molecular formula is C13H19ClN2O3S. The Labute approximate surface area is 124 Å². The molecule has 0 aromatic heterocycles. The summed E-state index contributed by atoms with van der Waals surface area (Å²) < 4.78 is 22.4. The molecule has 2 N–H and O–H groups in total. The van der Waals surface area contributed by atoms with E-state index in [9.17, 15) is 13.2 Å². The molecule has 0 bridgehead atoms. The van der Waals surface area contributed by atoms with Gasteiger partial charge in [-0.1, -0.05) is 11.6 Å². The third-order valence-electron chi connectivity index (χ3n) is 2.52. The lowest BCUT2D eigenvalue weighted by molar-refractivity contribution is 0.0944. The third-order valence-corrected chi connectivity index (χ3v) is 3.86. The van der Waals surface area contributed by atoms with Crippen LogP contribution in [-0.4, -0.2) is 38.9 Å². The second-order valence-electron chi connectivity index (χ2n) is 4.69. The van der Waals surface area contributed by atoms with Crippen LogP contribution in [0.25, 0.3) is 0 Å². The Morgan fingerprint density at radius 2 is 2.05 bits per heavy atom. The molecule has 1 atom stereocenters. The summed E-state index contributed by atoms with van der Waals surface area (Å²) in [4.78, 5) is 12.2. The van der Waals surface area contributed by atoms with Gasteiger partial charge in [0.2, 0.25) is 0 Å². The zero-order chi connectivity index (χ0) is 15.3. The fourth-order valence-corrected chi connectivity index (χ4v) is 3.01. The Bertz CT molecular complexity index is 587. The van der Waals surface area contributed by atoms with Crippen molar-refractivity contribution in [1.29, 1.82) is 0 Å². The molecule has 0 spiro atoms. The average Bonchev–Trinajstić information content (AvgIpc) is 2.29. The number of carbonyl (C=O) groups is 1. The van der Waals surface area contributed by atoms with Gasteiger partial charge >= 0.3 is 0 Å². The number of rotatable bonds is 6. The van der Waals surface area contributed by atoms with Crippen molar-refractivity contribution in [3.05, 3.63) is 28.8 Å². The number of carbonyl (C=O) groups excluding carboxylic acids is 1. The SMILES string of the molecule is CCNc1ccc(Cl)cc1C(=O)NC(C)CS(C)(=O)=O. The van der Waals surface area contributed by atoms with E-state index in [0.29, 0.717) is 22.8 Å². The second-order valence-corrected chi connectivity index (χ2v) is 7.31. The minimum absolute atomic E-state index is 0.101. The summed E-state index contributed by atoms with van der Waals surface area (Å²) in [6.07, 6.45) is 1.14. The van der Waals surface area contributed by atoms with E-state index in [2.05, 4.69) is 10.6 Å². The molecule has 0 saturated heterocycles. The highest BCUT2D eigenvalue weighted by Gasteiger charge is 2.17. The maximum Gasteiger partial charge on any atom is 0.253 e. The molecule has 7 heteroatoms. The molecule has 1 amide bonds. The number of halogens is 1.